The maximum Gasteiger partial charge on any atom is 0.390 e. The molecule has 7 nitrogen and oxygen atoms in total. The molecule has 8 heteroatoms. The van der Waals surface area contributed by atoms with E-state index in [-0.39, 0.29) is 24.0 Å². The molecular weight excluding hydrogens is 303 g/mol. The van der Waals surface area contributed by atoms with E-state index in [0.29, 0.717) is 5.69 Å². The van der Waals surface area contributed by atoms with Crippen LogP contribution in [0.15, 0.2) is 24.3 Å². The summed E-state index contributed by atoms with van der Waals surface area (Å²) in [5.74, 6) is -1.69. The molecule has 2 rings (SSSR count). The molecular formula is C15H17FN4O3. The van der Waals surface area contributed by atoms with E-state index in [1.165, 1.54) is 16.8 Å². The normalized spacial score (nSPS) is 12.0. The Morgan fingerprint density at radius 3 is 2.74 bits per heavy atom. The first-order valence-corrected chi connectivity index (χ1v) is 7.03. The van der Waals surface area contributed by atoms with Gasteiger partial charge in [0.25, 0.3) is 0 Å². The lowest BCUT2D eigenvalue weighted by Crippen LogP contribution is -2.25. The second-order valence-corrected chi connectivity index (χ2v) is 5.46. The van der Waals surface area contributed by atoms with Crippen molar-refractivity contribution in [3.63, 3.8) is 0 Å². The van der Waals surface area contributed by atoms with Crippen LogP contribution < -0.4 is 5.32 Å². The lowest BCUT2D eigenvalue weighted by molar-refractivity contribution is -0.389. The van der Waals surface area contributed by atoms with Gasteiger partial charge in [0.2, 0.25) is 5.91 Å². The van der Waals surface area contributed by atoms with Crippen molar-refractivity contribution in [3.05, 3.63) is 51.5 Å². The Kier molecular flexibility index (Phi) is 4.73. The number of rotatable bonds is 5. The Morgan fingerprint density at radius 1 is 1.43 bits per heavy atom. The van der Waals surface area contributed by atoms with Gasteiger partial charge < -0.3 is 15.4 Å². The van der Waals surface area contributed by atoms with Gasteiger partial charge in [-0.15, -0.1) is 0 Å². The minimum absolute atomic E-state index is 0.116. The summed E-state index contributed by atoms with van der Waals surface area (Å²) in [6, 6.07) is 5.78. The van der Waals surface area contributed by atoms with Crippen LogP contribution in [0, 0.1) is 35.7 Å². The third-order valence-electron chi connectivity index (χ3n) is 3.43. The van der Waals surface area contributed by atoms with E-state index >= 15 is 0 Å². The van der Waals surface area contributed by atoms with Crippen LogP contribution in [0.1, 0.15) is 18.2 Å². The van der Waals surface area contributed by atoms with Gasteiger partial charge in [-0.1, -0.05) is 13.0 Å². The molecule has 1 N–H and O–H groups in total. The first-order valence-electron chi connectivity index (χ1n) is 7.03. The summed E-state index contributed by atoms with van der Waals surface area (Å²) in [6.07, 6.45) is 0. The van der Waals surface area contributed by atoms with Gasteiger partial charge in [0, 0.05) is 0 Å². The number of nitro groups is 1. The second kappa shape index (κ2) is 6.55. The van der Waals surface area contributed by atoms with Crippen molar-refractivity contribution < 1.29 is 14.1 Å². The van der Waals surface area contributed by atoms with Gasteiger partial charge in [-0.3, -0.25) is 4.79 Å². The van der Waals surface area contributed by atoms with Gasteiger partial charge in [0.05, 0.1) is 35.0 Å². The molecule has 0 spiro atoms. The molecule has 0 aliphatic rings. The Labute approximate surface area is 132 Å². The maximum absolute atomic E-state index is 13.7. The van der Waals surface area contributed by atoms with Gasteiger partial charge in [0.1, 0.15) is 5.82 Å². The van der Waals surface area contributed by atoms with E-state index in [2.05, 4.69) is 10.4 Å². The molecule has 1 unspecified atom stereocenters. The number of amides is 1. The number of carbonyl (C=O) groups is 1. The van der Waals surface area contributed by atoms with Crippen LogP contribution in [0.5, 0.6) is 0 Å². The zero-order chi connectivity index (χ0) is 17.1. The van der Waals surface area contributed by atoms with Crippen LogP contribution in [-0.4, -0.2) is 20.6 Å². The fourth-order valence-corrected chi connectivity index (χ4v) is 2.10. The zero-order valence-electron chi connectivity index (χ0n) is 13.0. The lowest BCUT2D eigenvalue weighted by atomic mass is 10.1. The molecule has 0 bridgehead atoms. The first kappa shape index (κ1) is 16.6. The SMILES string of the molecule is Cc1ccc(F)c(NC(=O)C(C)Cn2nc([N+](=O)[O-])cc2C)c1. The largest absolute Gasteiger partial charge is 0.390 e. The van der Waals surface area contributed by atoms with Crippen LogP contribution in [0.25, 0.3) is 0 Å². The summed E-state index contributed by atoms with van der Waals surface area (Å²) >= 11 is 0. The maximum atomic E-state index is 13.7. The fourth-order valence-electron chi connectivity index (χ4n) is 2.10. The Hall–Kier alpha value is -2.77. The topological polar surface area (TPSA) is 90.1 Å². The van der Waals surface area contributed by atoms with Crippen molar-refractivity contribution >= 4 is 17.4 Å². The van der Waals surface area contributed by atoms with E-state index in [1.54, 1.807) is 32.9 Å². The smallest absolute Gasteiger partial charge is 0.358 e. The highest BCUT2D eigenvalue weighted by atomic mass is 19.1. The highest BCUT2D eigenvalue weighted by molar-refractivity contribution is 5.92. The average molecular weight is 320 g/mol. The summed E-state index contributed by atoms with van der Waals surface area (Å²) < 4.78 is 15.1. The third-order valence-corrected chi connectivity index (χ3v) is 3.43. The van der Waals surface area contributed by atoms with Crippen molar-refractivity contribution in [2.24, 2.45) is 5.92 Å². The van der Waals surface area contributed by atoms with Crippen molar-refractivity contribution in [2.45, 2.75) is 27.3 Å². The summed E-state index contributed by atoms with van der Waals surface area (Å²) in [5, 5.41) is 17.1. The number of aromatic nitrogens is 2. The molecule has 23 heavy (non-hydrogen) atoms. The molecule has 2 aromatic rings. The van der Waals surface area contributed by atoms with E-state index in [9.17, 15) is 19.3 Å². The predicted octanol–water partition coefficient (Wildman–Crippen LogP) is 2.82. The number of halogens is 1. The summed E-state index contributed by atoms with van der Waals surface area (Å²) in [4.78, 5) is 22.3. The van der Waals surface area contributed by atoms with Crippen LogP contribution in [-0.2, 0) is 11.3 Å². The molecule has 1 aromatic heterocycles. The molecule has 1 heterocycles. The van der Waals surface area contributed by atoms with Crippen molar-refractivity contribution in [1.29, 1.82) is 0 Å². The van der Waals surface area contributed by atoms with Crippen LogP contribution >= 0.6 is 0 Å². The molecule has 0 saturated carbocycles. The molecule has 1 aromatic carbocycles. The number of hydrogen-bond acceptors (Lipinski definition) is 4. The summed E-state index contributed by atoms with van der Waals surface area (Å²) in [5.41, 5.74) is 1.52. The molecule has 1 amide bonds. The molecule has 0 fully saturated rings. The van der Waals surface area contributed by atoms with E-state index in [0.717, 1.165) is 5.56 Å². The standard InChI is InChI=1S/C15H17FN4O3/c1-9-4-5-12(16)13(6-9)17-15(21)10(2)8-19-11(3)7-14(18-19)20(22)23/h4-7,10H,8H2,1-3H3,(H,17,21). The Balaban J connectivity index is 2.08. The zero-order valence-corrected chi connectivity index (χ0v) is 13.0. The van der Waals surface area contributed by atoms with Crippen molar-refractivity contribution in [1.82, 2.24) is 9.78 Å². The molecule has 122 valence electrons. The van der Waals surface area contributed by atoms with Gasteiger partial charge in [-0.2, -0.15) is 4.68 Å². The number of carbonyl (C=O) groups excluding carboxylic acids is 1. The van der Waals surface area contributed by atoms with E-state index in [4.69, 9.17) is 0 Å². The number of benzene rings is 1. The second-order valence-electron chi connectivity index (χ2n) is 5.46. The summed E-state index contributed by atoms with van der Waals surface area (Å²) in [6.45, 7) is 5.28. The van der Waals surface area contributed by atoms with Crippen molar-refractivity contribution in [2.75, 3.05) is 5.32 Å². The number of nitrogens with zero attached hydrogens (tertiary/aromatic N) is 3. The van der Waals surface area contributed by atoms with E-state index < -0.39 is 16.7 Å². The van der Waals surface area contributed by atoms with Crippen LogP contribution in [0.4, 0.5) is 15.9 Å². The quantitative estimate of drug-likeness (QED) is 0.677. The Bertz CT molecular complexity index is 757. The van der Waals surface area contributed by atoms with Crippen LogP contribution in [0.2, 0.25) is 0 Å². The highest BCUT2D eigenvalue weighted by Crippen LogP contribution is 2.18. The van der Waals surface area contributed by atoms with Gasteiger partial charge in [0.15, 0.2) is 0 Å². The van der Waals surface area contributed by atoms with E-state index in [1.807, 2.05) is 0 Å². The first-order chi connectivity index (χ1) is 10.8. The number of hydrogen-bond donors (Lipinski definition) is 1. The molecule has 0 radical (unpaired) electrons. The molecule has 0 aliphatic carbocycles. The molecule has 1 atom stereocenters. The van der Waals surface area contributed by atoms with Crippen LogP contribution in [0.3, 0.4) is 0 Å². The number of nitrogens with one attached hydrogen (secondary N) is 1. The predicted molar refractivity (Wildman–Crippen MR) is 82.5 cm³/mol. The lowest BCUT2D eigenvalue weighted by Gasteiger charge is -2.12. The molecule has 0 aliphatic heterocycles. The highest BCUT2D eigenvalue weighted by Gasteiger charge is 2.21. The van der Waals surface area contributed by atoms with Crippen molar-refractivity contribution in [3.8, 4) is 0 Å². The Morgan fingerprint density at radius 2 is 2.13 bits per heavy atom. The fraction of sp³-hybridized carbons (Fsp3) is 0.333. The van der Waals surface area contributed by atoms with Gasteiger partial charge in [-0.05, 0) is 36.5 Å². The minimum Gasteiger partial charge on any atom is -0.358 e. The van der Waals surface area contributed by atoms with Gasteiger partial charge in [-0.25, -0.2) is 4.39 Å². The number of aryl methyl sites for hydroxylation is 2. The minimum atomic E-state index is -0.587. The van der Waals surface area contributed by atoms with Gasteiger partial charge >= 0.3 is 5.82 Å². The summed E-state index contributed by atoms with van der Waals surface area (Å²) in [7, 11) is 0. The average Bonchev–Trinajstić information content (AvgIpc) is 2.84. The molecule has 0 saturated heterocycles. The monoisotopic (exact) mass is 320 g/mol. The third kappa shape index (κ3) is 3.91. The number of anilines is 1.